The predicted molar refractivity (Wildman–Crippen MR) is 127 cm³/mol. The summed E-state index contributed by atoms with van der Waals surface area (Å²) in [5.74, 6) is 0.882. The number of fused-ring (bicyclic) bond motifs is 1. The molecule has 0 spiro atoms. The minimum atomic E-state index is -0.00935. The SMILES string of the molecule is CC[C@@H](c1nnnn1C[C@@H]1CCCO1)N(Cc1cc2ccc(C)cc2[nH]c1=O)C1CCCC1. The summed E-state index contributed by atoms with van der Waals surface area (Å²) in [7, 11) is 0. The maximum Gasteiger partial charge on any atom is 0.252 e. The van der Waals surface area contributed by atoms with Gasteiger partial charge in [-0.1, -0.05) is 31.9 Å². The van der Waals surface area contributed by atoms with Crippen LogP contribution in [0.25, 0.3) is 10.9 Å². The number of aromatic amines is 1. The largest absolute Gasteiger partial charge is 0.376 e. The molecule has 2 atom stereocenters. The fourth-order valence-electron chi connectivity index (χ4n) is 5.53. The zero-order chi connectivity index (χ0) is 22.8. The van der Waals surface area contributed by atoms with E-state index in [2.05, 4.69) is 50.5 Å². The number of aryl methyl sites for hydroxylation is 1. The minimum absolute atomic E-state index is 0.00935. The van der Waals surface area contributed by atoms with Crippen LogP contribution in [-0.2, 0) is 17.8 Å². The fourth-order valence-corrected chi connectivity index (χ4v) is 5.53. The second-order valence-corrected chi connectivity index (χ2v) is 9.60. The van der Waals surface area contributed by atoms with E-state index in [-0.39, 0.29) is 17.7 Å². The maximum atomic E-state index is 13.0. The minimum Gasteiger partial charge on any atom is -0.376 e. The van der Waals surface area contributed by atoms with Crippen molar-refractivity contribution >= 4 is 10.9 Å². The summed E-state index contributed by atoms with van der Waals surface area (Å²) in [6, 6.07) is 8.74. The van der Waals surface area contributed by atoms with Gasteiger partial charge in [0.2, 0.25) is 0 Å². The second kappa shape index (κ2) is 9.73. The Balaban J connectivity index is 1.47. The summed E-state index contributed by atoms with van der Waals surface area (Å²) in [6.45, 7) is 6.32. The molecule has 1 aliphatic heterocycles. The van der Waals surface area contributed by atoms with Crippen LogP contribution in [0.5, 0.6) is 0 Å². The first kappa shape index (κ1) is 22.2. The van der Waals surface area contributed by atoms with Crippen LogP contribution >= 0.6 is 0 Å². The Morgan fingerprint density at radius 3 is 2.82 bits per heavy atom. The van der Waals surface area contributed by atoms with Crippen molar-refractivity contribution in [3.8, 4) is 0 Å². The third-order valence-electron chi connectivity index (χ3n) is 7.27. The number of hydrogen-bond acceptors (Lipinski definition) is 6. The lowest BCUT2D eigenvalue weighted by molar-refractivity contribution is 0.0839. The Morgan fingerprint density at radius 2 is 2.06 bits per heavy atom. The van der Waals surface area contributed by atoms with E-state index in [1.165, 1.54) is 12.8 Å². The first-order chi connectivity index (χ1) is 16.1. The molecule has 3 aromatic rings. The Labute approximate surface area is 194 Å². The van der Waals surface area contributed by atoms with Crippen molar-refractivity contribution in [3.63, 3.8) is 0 Å². The van der Waals surface area contributed by atoms with Gasteiger partial charge in [-0.15, -0.1) is 5.10 Å². The third kappa shape index (κ3) is 4.73. The van der Waals surface area contributed by atoms with Crippen LogP contribution in [0.2, 0.25) is 0 Å². The van der Waals surface area contributed by atoms with Gasteiger partial charge in [0.25, 0.3) is 5.56 Å². The molecule has 0 amide bonds. The predicted octanol–water partition coefficient (Wildman–Crippen LogP) is 3.90. The number of benzene rings is 1. The molecular weight excluding hydrogens is 416 g/mol. The Hall–Kier alpha value is -2.58. The maximum absolute atomic E-state index is 13.0. The Kier molecular flexibility index (Phi) is 6.55. The van der Waals surface area contributed by atoms with E-state index >= 15 is 0 Å². The molecule has 0 radical (unpaired) electrons. The Bertz CT molecular complexity index is 1140. The average molecular weight is 451 g/mol. The lowest BCUT2D eigenvalue weighted by atomic mass is 10.0. The van der Waals surface area contributed by atoms with Crippen LogP contribution < -0.4 is 5.56 Å². The molecule has 1 saturated heterocycles. The highest BCUT2D eigenvalue weighted by atomic mass is 16.5. The number of aromatic nitrogens is 5. The fraction of sp³-hybridized carbons (Fsp3) is 0.600. The normalized spacial score (nSPS) is 20.3. The Morgan fingerprint density at radius 1 is 1.21 bits per heavy atom. The van der Waals surface area contributed by atoms with Crippen molar-refractivity contribution < 1.29 is 4.74 Å². The number of nitrogens with zero attached hydrogens (tertiary/aromatic N) is 5. The van der Waals surface area contributed by atoms with E-state index in [1.54, 1.807) is 0 Å². The van der Waals surface area contributed by atoms with Gasteiger partial charge in [0, 0.05) is 30.3 Å². The number of pyridine rings is 1. The number of nitrogens with one attached hydrogen (secondary N) is 1. The first-order valence-corrected chi connectivity index (χ1v) is 12.4. The molecular formula is C25H34N6O2. The highest BCUT2D eigenvalue weighted by molar-refractivity contribution is 5.79. The zero-order valence-electron chi connectivity index (χ0n) is 19.7. The molecule has 8 nitrogen and oxygen atoms in total. The first-order valence-electron chi connectivity index (χ1n) is 12.4. The average Bonchev–Trinajstić information content (AvgIpc) is 3.58. The molecule has 1 aromatic carbocycles. The van der Waals surface area contributed by atoms with Crippen molar-refractivity contribution in [2.45, 2.75) is 90.1 Å². The van der Waals surface area contributed by atoms with Crippen LogP contribution in [0.4, 0.5) is 0 Å². The molecule has 1 N–H and O–H groups in total. The van der Waals surface area contributed by atoms with Gasteiger partial charge >= 0.3 is 0 Å². The molecule has 0 bridgehead atoms. The summed E-state index contributed by atoms with van der Waals surface area (Å²) in [5.41, 5.74) is 2.83. The van der Waals surface area contributed by atoms with E-state index in [9.17, 15) is 4.79 Å². The standard InChI is InChI=1S/C25H34N6O2/c1-3-23(24-27-28-29-31(24)16-21-9-6-12-33-21)30(20-7-4-5-8-20)15-19-14-18-11-10-17(2)13-22(18)26-25(19)32/h10-11,13-14,20-21,23H,3-9,12,15-16H2,1-2H3,(H,26,32)/t21-,23-/m0/s1. The van der Waals surface area contributed by atoms with E-state index in [4.69, 9.17) is 4.74 Å². The lowest BCUT2D eigenvalue weighted by Crippen LogP contribution is -2.39. The summed E-state index contributed by atoms with van der Waals surface area (Å²) in [5, 5.41) is 13.9. The van der Waals surface area contributed by atoms with E-state index < -0.39 is 0 Å². The molecule has 1 aliphatic carbocycles. The van der Waals surface area contributed by atoms with Gasteiger partial charge in [-0.3, -0.25) is 9.69 Å². The molecule has 3 heterocycles. The van der Waals surface area contributed by atoms with Gasteiger partial charge in [0.15, 0.2) is 5.82 Å². The van der Waals surface area contributed by atoms with E-state index in [0.29, 0.717) is 19.1 Å². The van der Waals surface area contributed by atoms with Crippen LogP contribution in [0, 0.1) is 6.92 Å². The van der Waals surface area contributed by atoms with Crippen LogP contribution in [0.3, 0.4) is 0 Å². The van der Waals surface area contributed by atoms with Crippen molar-refractivity contribution in [1.29, 1.82) is 0 Å². The van der Waals surface area contributed by atoms with Crippen molar-refractivity contribution in [3.05, 3.63) is 51.6 Å². The monoisotopic (exact) mass is 450 g/mol. The molecule has 33 heavy (non-hydrogen) atoms. The van der Waals surface area contributed by atoms with Crippen LogP contribution in [0.15, 0.2) is 29.1 Å². The molecule has 2 aliphatic rings. The van der Waals surface area contributed by atoms with Gasteiger partial charge < -0.3 is 9.72 Å². The summed E-state index contributed by atoms with van der Waals surface area (Å²) in [6.07, 6.45) is 7.95. The number of hydrogen-bond donors (Lipinski definition) is 1. The van der Waals surface area contributed by atoms with Gasteiger partial charge in [-0.2, -0.15) is 0 Å². The zero-order valence-corrected chi connectivity index (χ0v) is 19.7. The number of H-pyrrole nitrogens is 1. The van der Waals surface area contributed by atoms with Crippen molar-refractivity contribution in [1.82, 2.24) is 30.1 Å². The van der Waals surface area contributed by atoms with E-state index in [0.717, 1.165) is 66.6 Å². The highest BCUT2D eigenvalue weighted by Crippen LogP contribution is 2.34. The highest BCUT2D eigenvalue weighted by Gasteiger charge is 2.33. The summed E-state index contributed by atoms with van der Waals surface area (Å²) >= 11 is 0. The van der Waals surface area contributed by atoms with Crippen molar-refractivity contribution in [2.24, 2.45) is 0 Å². The quantitative estimate of drug-likeness (QED) is 0.560. The molecule has 176 valence electrons. The molecule has 2 fully saturated rings. The topological polar surface area (TPSA) is 88.9 Å². The van der Waals surface area contributed by atoms with Gasteiger partial charge in [0.05, 0.1) is 18.7 Å². The van der Waals surface area contributed by atoms with Crippen molar-refractivity contribution in [2.75, 3.05) is 6.61 Å². The smallest absolute Gasteiger partial charge is 0.252 e. The van der Waals surface area contributed by atoms with Crippen LogP contribution in [0.1, 0.15) is 74.9 Å². The number of rotatable bonds is 8. The van der Waals surface area contributed by atoms with E-state index in [1.807, 2.05) is 17.7 Å². The summed E-state index contributed by atoms with van der Waals surface area (Å²) < 4.78 is 7.77. The van der Waals surface area contributed by atoms with Gasteiger partial charge in [-0.05, 0) is 72.5 Å². The molecule has 5 rings (SSSR count). The third-order valence-corrected chi connectivity index (χ3v) is 7.27. The molecule has 8 heteroatoms. The van der Waals surface area contributed by atoms with Gasteiger partial charge in [-0.25, -0.2) is 4.68 Å². The molecule has 2 aromatic heterocycles. The number of tetrazole rings is 1. The number of ether oxygens (including phenoxy) is 1. The second-order valence-electron chi connectivity index (χ2n) is 9.60. The molecule has 0 unspecified atom stereocenters. The lowest BCUT2D eigenvalue weighted by Gasteiger charge is -2.35. The molecule has 1 saturated carbocycles. The van der Waals surface area contributed by atoms with Gasteiger partial charge in [0.1, 0.15) is 0 Å². The summed E-state index contributed by atoms with van der Waals surface area (Å²) in [4.78, 5) is 18.6. The van der Waals surface area contributed by atoms with Crippen LogP contribution in [-0.4, -0.2) is 48.8 Å².